The molecule has 0 spiro atoms. The lowest BCUT2D eigenvalue weighted by molar-refractivity contribution is -0.262. The van der Waals surface area contributed by atoms with E-state index in [0.29, 0.717) is 31.2 Å². The van der Waals surface area contributed by atoms with Crippen LogP contribution in [-0.2, 0) is 31.0 Å². The van der Waals surface area contributed by atoms with Crippen molar-refractivity contribution in [3.8, 4) is 0 Å². The number of aliphatic hydroxyl groups is 1. The lowest BCUT2D eigenvalue weighted by Crippen LogP contribution is -2.51. The Balaban J connectivity index is 1.54. The molecule has 1 saturated carbocycles. The molecular weight excluding hydrogens is 548 g/mol. The van der Waals surface area contributed by atoms with Crippen LogP contribution >= 0.6 is 0 Å². The minimum absolute atomic E-state index is 0.353. The van der Waals surface area contributed by atoms with Crippen molar-refractivity contribution in [2.24, 2.45) is 10.8 Å². The largest absolute Gasteiger partial charge is 0.466 e. The van der Waals surface area contributed by atoms with Crippen LogP contribution < -0.4 is 0 Å². The van der Waals surface area contributed by atoms with E-state index in [-0.39, 0.29) is 12.6 Å². The molecule has 0 amide bonds. The smallest absolute Gasteiger partial charge is 0.174 e. The number of hydrogen-bond acceptors (Lipinski definition) is 9. The van der Waals surface area contributed by atoms with Crippen LogP contribution in [-0.4, -0.2) is 63.7 Å². The molecule has 5 rings (SSSR count). The quantitative estimate of drug-likeness (QED) is 0.194. The fraction of sp³-hybridized carbons (Fsp3) is 0.727. The molecule has 2 aliphatic heterocycles. The Morgan fingerprint density at radius 1 is 1.00 bits per heavy atom. The van der Waals surface area contributed by atoms with Gasteiger partial charge in [0, 0.05) is 25.0 Å². The summed E-state index contributed by atoms with van der Waals surface area (Å²) in [4.78, 5) is 0. The highest BCUT2D eigenvalue weighted by Crippen LogP contribution is 2.66. The molecule has 2 aromatic rings. The number of tetrazole rings is 1. The van der Waals surface area contributed by atoms with Crippen LogP contribution in [0.3, 0.4) is 0 Å². The summed E-state index contributed by atoms with van der Waals surface area (Å²) in [6.45, 7) is 7.65. The summed E-state index contributed by atoms with van der Waals surface area (Å²) in [5.74, 6) is 1.22. The second kappa shape index (κ2) is 14.6. The number of H-pyrrole nitrogens is 1. The molecule has 0 bridgehead atoms. The van der Waals surface area contributed by atoms with E-state index in [1.54, 1.807) is 6.26 Å². The molecule has 3 fully saturated rings. The van der Waals surface area contributed by atoms with Crippen molar-refractivity contribution in [1.29, 1.82) is 0 Å². The summed E-state index contributed by atoms with van der Waals surface area (Å²) in [5.41, 5.74) is -3.18. The summed E-state index contributed by atoms with van der Waals surface area (Å²) in [6.07, 6.45) is 19.3. The number of allylic oxidation sites excluding steroid dienone is 3. The summed E-state index contributed by atoms with van der Waals surface area (Å²) >= 11 is 0. The van der Waals surface area contributed by atoms with Crippen LogP contribution in [0.4, 0.5) is 0 Å². The number of unbranched alkanes of at least 4 members (excludes halogenated alkanes) is 2. The molecule has 10 heteroatoms. The molecule has 2 unspecified atom stereocenters. The highest BCUT2D eigenvalue weighted by Gasteiger charge is 2.75. The number of aromatic amines is 1. The first-order valence-electron chi connectivity index (χ1n) is 16.3. The maximum absolute atomic E-state index is 13.3. The fourth-order valence-electron chi connectivity index (χ4n) is 7.16. The van der Waals surface area contributed by atoms with Crippen LogP contribution in [0.2, 0.25) is 0 Å². The Morgan fingerprint density at radius 3 is 2.35 bits per heavy atom. The molecule has 6 atom stereocenters. The monoisotopic (exact) mass is 598 g/mol. The van der Waals surface area contributed by atoms with Gasteiger partial charge >= 0.3 is 0 Å². The van der Waals surface area contributed by atoms with Crippen molar-refractivity contribution < 1.29 is 28.5 Å². The van der Waals surface area contributed by atoms with Crippen LogP contribution in [0.1, 0.15) is 103 Å². The summed E-state index contributed by atoms with van der Waals surface area (Å²) in [6, 6.07) is 3.72. The lowest BCUT2D eigenvalue weighted by Gasteiger charge is -2.46. The molecule has 10 nitrogen and oxygen atoms in total. The van der Waals surface area contributed by atoms with E-state index in [4.69, 9.17) is 23.4 Å². The second-order valence-electron chi connectivity index (χ2n) is 12.7. The zero-order chi connectivity index (χ0) is 30.2. The summed E-state index contributed by atoms with van der Waals surface area (Å²) in [7, 11) is 0. The molecule has 0 radical (unpaired) electrons. The standard InChI is InChI=1S/C33H50N4O6/c1-4-5-11-20-32(21-12-7-6-8-17-26-34-36-37-35-26)30(43-28-19-10-14-23-41-28)29(42-27-18-9-13-22-40-27)31(2,3)33(32,38)25-16-15-24-39-25/h7,11-12,15-16,20,24,27-30,38H,4-6,8-10,13-14,17-19,21-23H2,1-3H3,(H,34,35,36,37)/b12-7-,20-11?/t27?,28?,29-,30-,32+,33-/m1/s1. The molecule has 43 heavy (non-hydrogen) atoms. The third-order valence-electron chi connectivity index (χ3n) is 9.50. The molecule has 3 aliphatic rings. The van der Waals surface area contributed by atoms with Gasteiger partial charge in [-0.15, -0.1) is 10.2 Å². The van der Waals surface area contributed by atoms with Crippen molar-refractivity contribution >= 4 is 0 Å². The number of nitrogens with one attached hydrogen (secondary N) is 1. The Bertz CT molecular complexity index is 1140. The topological polar surface area (TPSA) is 125 Å². The highest BCUT2D eigenvalue weighted by atomic mass is 16.7. The molecule has 2 aromatic heterocycles. The zero-order valence-corrected chi connectivity index (χ0v) is 26.1. The Hall–Kier alpha value is -2.37. The predicted molar refractivity (Wildman–Crippen MR) is 161 cm³/mol. The first-order valence-corrected chi connectivity index (χ1v) is 16.3. The number of nitrogens with zero attached hydrogens (tertiary/aromatic N) is 3. The second-order valence-corrected chi connectivity index (χ2v) is 12.7. The number of aryl methyl sites for hydroxylation is 1. The minimum atomic E-state index is -1.46. The third-order valence-corrected chi connectivity index (χ3v) is 9.50. The van der Waals surface area contributed by atoms with Gasteiger partial charge in [0.25, 0.3) is 0 Å². The van der Waals surface area contributed by atoms with E-state index in [1.807, 2.05) is 12.1 Å². The van der Waals surface area contributed by atoms with E-state index in [0.717, 1.165) is 70.6 Å². The first-order chi connectivity index (χ1) is 20.9. The average Bonchev–Trinajstić information content (AvgIpc) is 3.77. The Labute approximate surface area is 255 Å². The summed E-state index contributed by atoms with van der Waals surface area (Å²) in [5, 5.41) is 27.5. The highest BCUT2D eigenvalue weighted by molar-refractivity contribution is 5.34. The van der Waals surface area contributed by atoms with Crippen LogP contribution in [0.5, 0.6) is 0 Å². The number of rotatable bonds is 14. The SMILES string of the molecule is CCCC=C[C@]1(C/C=C\CCCc2nn[nH]n2)[C@H](OC2CCCCO2)[C@@H](OC2CCCCO2)C(C)(C)[C@]1(O)c1ccco1. The normalized spacial score (nSPS) is 33.1. The van der Waals surface area contributed by atoms with E-state index in [1.165, 1.54) is 0 Å². The maximum Gasteiger partial charge on any atom is 0.174 e. The van der Waals surface area contributed by atoms with Gasteiger partial charge in [-0.2, -0.15) is 5.21 Å². The van der Waals surface area contributed by atoms with E-state index >= 15 is 0 Å². The van der Waals surface area contributed by atoms with Crippen molar-refractivity contribution in [3.05, 3.63) is 54.3 Å². The lowest BCUT2D eigenvalue weighted by atomic mass is 9.62. The van der Waals surface area contributed by atoms with Gasteiger partial charge in [0.2, 0.25) is 0 Å². The van der Waals surface area contributed by atoms with Crippen molar-refractivity contribution in [1.82, 2.24) is 20.6 Å². The third kappa shape index (κ3) is 6.68. The molecule has 2 saturated heterocycles. The zero-order valence-electron chi connectivity index (χ0n) is 26.1. The van der Waals surface area contributed by atoms with Crippen LogP contribution in [0.25, 0.3) is 0 Å². The number of hydrogen-bond donors (Lipinski definition) is 2. The average molecular weight is 599 g/mol. The van der Waals surface area contributed by atoms with Gasteiger partial charge in [-0.05, 0) is 76.3 Å². The van der Waals surface area contributed by atoms with Crippen LogP contribution in [0, 0.1) is 10.8 Å². The molecule has 4 heterocycles. The van der Waals surface area contributed by atoms with Crippen molar-refractivity contribution in [2.75, 3.05) is 13.2 Å². The first kappa shape index (κ1) is 32.0. The molecule has 238 valence electrons. The van der Waals surface area contributed by atoms with Gasteiger partial charge < -0.3 is 28.5 Å². The van der Waals surface area contributed by atoms with Crippen LogP contribution in [0.15, 0.2) is 47.1 Å². The van der Waals surface area contributed by atoms with Gasteiger partial charge in [0.15, 0.2) is 18.4 Å². The predicted octanol–water partition coefficient (Wildman–Crippen LogP) is 6.16. The Kier molecular flexibility index (Phi) is 10.9. The molecule has 2 N–H and O–H groups in total. The van der Waals surface area contributed by atoms with Gasteiger partial charge in [-0.1, -0.05) is 56.7 Å². The minimum Gasteiger partial charge on any atom is -0.466 e. The Morgan fingerprint density at radius 2 is 1.74 bits per heavy atom. The van der Waals surface area contributed by atoms with Crippen molar-refractivity contribution in [3.63, 3.8) is 0 Å². The van der Waals surface area contributed by atoms with Gasteiger partial charge in [-0.3, -0.25) is 0 Å². The maximum atomic E-state index is 13.3. The number of furan rings is 1. The number of aromatic nitrogens is 4. The number of ether oxygens (including phenoxy) is 4. The van der Waals surface area contributed by atoms with E-state index in [9.17, 15) is 5.11 Å². The molecule has 0 aromatic carbocycles. The van der Waals surface area contributed by atoms with Gasteiger partial charge in [0.05, 0.1) is 17.8 Å². The molecule has 1 aliphatic carbocycles. The van der Waals surface area contributed by atoms with E-state index in [2.05, 4.69) is 65.7 Å². The van der Waals surface area contributed by atoms with E-state index < -0.39 is 28.6 Å². The van der Waals surface area contributed by atoms with Gasteiger partial charge in [-0.25, -0.2) is 0 Å². The summed E-state index contributed by atoms with van der Waals surface area (Å²) < 4.78 is 32.2. The molecular formula is C33H50N4O6. The van der Waals surface area contributed by atoms with Crippen molar-refractivity contribution in [2.45, 2.75) is 128 Å². The fourth-order valence-corrected chi connectivity index (χ4v) is 7.16. The van der Waals surface area contributed by atoms with Gasteiger partial charge in [0.1, 0.15) is 17.5 Å².